The van der Waals surface area contributed by atoms with Crippen molar-refractivity contribution >= 4 is 37.1 Å². The van der Waals surface area contributed by atoms with Gasteiger partial charge in [0.05, 0.1) is 5.75 Å². The van der Waals surface area contributed by atoms with Gasteiger partial charge in [0.1, 0.15) is 5.82 Å². The smallest absolute Gasteiger partial charge is 0.151 e. The van der Waals surface area contributed by atoms with E-state index in [-0.39, 0.29) is 5.75 Å². The third-order valence-electron chi connectivity index (χ3n) is 3.29. The van der Waals surface area contributed by atoms with Crippen molar-refractivity contribution in [1.29, 1.82) is 0 Å². The number of nitrogens with zero attached hydrogens (tertiary/aromatic N) is 1. The van der Waals surface area contributed by atoms with Gasteiger partial charge in [-0.3, -0.25) is 0 Å². The number of aromatic nitrogens is 1. The lowest BCUT2D eigenvalue weighted by atomic mass is 10.1. The van der Waals surface area contributed by atoms with E-state index in [0.29, 0.717) is 6.54 Å². The van der Waals surface area contributed by atoms with Gasteiger partial charge in [-0.2, -0.15) is 0 Å². The summed E-state index contributed by atoms with van der Waals surface area (Å²) < 4.78 is 23.8. The average molecular weight is 332 g/mol. The lowest BCUT2D eigenvalue weighted by Crippen LogP contribution is -2.03. The summed E-state index contributed by atoms with van der Waals surface area (Å²) in [6.45, 7) is 0.654. The maximum Gasteiger partial charge on any atom is 0.151 e. The highest BCUT2D eigenvalue weighted by molar-refractivity contribution is 7.89. The Balaban J connectivity index is 1.70. The lowest BCUT2D eigenvalue weighted by molar-refractivity contribution is 0.601. The fourth-order valence-electron chi connectivity index (χ4n) is 2.28. The second-order valence-electron chi connectivity index (χ2n) is 5.23. The highest BCUT2D eigenvalue weighted by Crippen LogP contribution is 2.26. The van der Waals surface area contributed by atoms with Crippen molar-refractivity contribution in [2.75, 3.05) is 11.6 Å². The van der Waals surface area contributed by atoms with Crippen LogP contribution in [0.2, 0.25) is 0 Å². The van der Waals surface area contributed by atoms with Crippen molar-refractivity contribution in [1.82, 2.24) is 4.98 Å². The minimum absolute atomic E-state index is 0.0798. The van der Waals surface area contributed by atoms with E-state index in [1.54, 1.807) is 17.5 Å². The molecular weight excluding hydrogens is 316 g/mol. The third kappa shape index (κ3) is 3.64. The number of anilines is 1. The predicted molar refractivity (Wildman–Crippen MR) is 91.9 cm³/mol. The van der Waals surface area contributed by atoms with Crippen LogP contribution in [0.15, 0.2) is 48.0 Å². The molecule has 0 bridgehead atoms. The molecule has 0 atom stereocenters. The van der Waals surface area contributed by atoms with Crippen molar-refractivity contribution < 1.29 is 8.42 Å². The summed E-state index contributed by atoms with van der Waals surface area (Å²) in [4.78, 5) is 4.38. The van der Waals surface area contributed by atoms with E-state index in [0.717, 1.165) is 22.3 Å². The van der Waals surface area contributed by atoms with Crippen LogP contribution in [-0.2, 0) is 22.1 Å². The monoisotopic (exact) mass is 332 g/mol. The molecule has 6 heteroatoms. The van der Waals surface area contributed by atoms with Gasteiger partial charge in [-0.1, -0.05) is 24.3 Å². The van der Waals surface area contributed by atoms with Crippen molar-refractivity contribution in [2.45, 2.75) is 12.3 Å². The molecule has 3 aromatic rings. The van der Waals surface area contributed by atoms with Crippen LogP contribution in [0.5, 0.6) is 0 Å². The molecule has 0 saturated carbocycles. The summed E-state index contributed by atoms with van der Waals surface area (Å²) in [6.07, 6.45) is 3.05. The summed E-state index contributed by atoms with van der Waals surface area (Å²) in [5, 5.41) is 6.51. The SMILES string of the molecule is CS(=O)(=O)Cc1ccc(CNc2nccc3sccc23)cc1. The molecule has 114 valence electrons. The number of hydrogen-bond donors (Lipinski definition) is 1. The molecule has 0 aliphatic rings. The molecule has 2 aromatic heterocycles. The van der Waals surface area contributed by atoms with Crippen LogP contribution in [0, 0.1) is 0 Å². The topological polar surface area (TPSA) is 59.1 Å². The first-order valence-corrected chi connectivity index (χ1v) is 9.77. The summed E-state index contributed by atoms with van der Waals surface area (Å²) in [5.41, 5.74) is 1.90. The predicted octanol–water partition coefficient (Wildman–Crippen LogP) is 3.45. The van der Waals surface area contributed by atoms with Gasteiger partial charge in [-0.15, -0.1) is 11.3 Å². The minimum atomic E-state index is -2.99. The first-order chi connectivity index (χ1) is 10.5. The quantitative estimate of drug-likeness (QED) is 0.777. The van der Waals surface area contributed by atoms with Gasteiger partial charge >= 0.3 is 0 Å². The van der Waals surface area contributed by atoms with Crippen molar-refractivity contribution in [2.24, 2.45) is 0 Å². The third-order valence-corrected chi connectivity index (χ3v) is 5.03. The Hall–Kier alpha value is -1.92. The Labute approximate surface area is 133 Å². The van der Waals surface area contributed by atoms with Gasteiger partial charge in [0.15, 0.2) is 9.84 Å². The Bertz CT molecular complexity index is 884. The van der Waals surface area contributed by atoms with Crippen LogP contribution in [0.4, 0.5) is 5.82 Å². The van der Waals surface area contributed by atoms with E-state index in [4.69, 9.17) is 0 Å². The maximum absolute atomic E-state index is 11.3. The fraction of sp³-hybridized carbons (Fsp3) is 0.188. The number of benzene rings is 1. The molecule has 2 heterocycles. The number of pyridine rings is 1. The van der Waals surface area contributed by atoms with Crippen LogP contribution >= 0.6 is 11.3 Å². The molecule has 0 unspecified atom stereocenters. The van der Waals surface area contributed by atoms with Crippen LogP contribution < -0.4 is 5.32 Å². The van der Waals surface area contributed by atoms with Gasteiger partial charge < -0.3 is 5.32 Å². The second kappa shape index (κ2) is 6.06. The number of sulfone groups is 1. The van der Waals surface area contributed by atoms with E-state index in [9.17, 15) is 8.42 Å². The van der Waals surface area contributed by atoms with Gasteiger partial charge in [-0.05, 0) is 28.6 Å². The molecule has 22 heavy (non-hydrogen) atoms. The highest BCUT2D eigenvalue weighted by atomic mass is 32.2. The Kier molecular flexibility index (Phi) is 4.13. The molecule has 4 nitrogen and oxygen atoms in total. The second-order valence-corrected chi connectivity index (χ2v) is 8.32. The number of rotatable bonds is 5. The Morgan fingerprint density at radius 2 is 1.82 bits per heavy atom. The lowest BCUT2D eigenvalue weighted by Gasteiger charge is -2.07. The van der Waals surface area contributed by atoms with Crippen LogP contribution in [0.1, 0.15) is 11.1 Å². The Morgan fingerprint density at radius 3 is 2.55 bits per heavy atom. The number of thiophene rings is 1. The zero-order chi connectivity index (χ0) is 15.6. The van der Waals surface area contributed by atoms with Crippen LogP contribution in [0.25, 0.3) is 10.1 Å². The Morgan fingerprint density at radius 1 is 1.09 bits per heavy atom. The van der Waals surface area contributed by atoms with Crippen molar-refractivity contribution in [3.63, 3.8) is 0 Å². The molecule has 1 N–H and O–H groups in total. The largest absolute Gasteiger partial charge is 0.365 e. The number of hydrogen-bond acceptors (Lipinski definition) is 5. The molecule has 0 aliphatic heterocycles. The van der Waals surface area contributed by atoms with Gasteiger partial charge in [0, 0.05) is 29.1 Å². The average Bonchev–Trinajstić information content (AvgIpc) is 2.94. The number of nitrogens with one attached hydrogen (secondary N) is 1. The van der Waals surface area contributed by atoms with Crippen LogP contribution in [-0.4, -0.2) is 19.7 Å². The first-order valence-electron chi connectivity index (χ1n) is 6.83. The fourth-order valence-corrected chi connectivity index (χ4v) is 3.86. The van der Waals surface area contributed by atoms with Crippen LogP contribution in [0.3, 0.4) is 0 Å². The number of fused-ring (bicyclic) bond motifs is 1. The molecule has 0 fully saturated rings. The van der Waals surface area contributed by atoms with Gasteiger partial charge in [-0.25, -0.2) is 13.4 Å². The molecule has 3 rings (SSSR count). The zero-order valence-corrected chi connectivity index (χ0v) is 13.7. The highest BCUT2D eigenvalue weighted by Gasteiger charge is 2.05. The van der Waals surface area contributed by atoms with Gasteiger partial charge in [0.25, 0.3) is 0 Å². The summed E-state index contributed by atoms with van der Waals surface area (Å²) in [5.74, 6) is 0.954. The molecule has 1 aromatic carbocycles. The minimum Gasteiger partial charge on any atom is -0.365 e. The maximum atomic E-state index is 11.3. The molecule has 0 radical (unpaired) electrons. The van der Waals surface area contributed by atoms with E-state index >= 15 is 0 Å². The van der Waals surface area contributed by atoms with E-state index in [2.05, 4.69) is 21.7 Å². The standard InChI is InChI=1S/C16H16N2O2S2/c1-22(19,20)11-13-4-2-12(3-5-13)10-18-16-14-7-9-21-15(14)6-8-17-16/h2-9H,10-11H2,1H3,(H,17,18). The van der Waals surface area contributed by atoms with Gasteiger partial charge in [0.2, 0.25) is 0 Å². The van der Waals surface area contributed by atoms with E-state index in [1.165, 1.54) is 11.0 Å². The summed E-state index contributed by atoms with van der Waals surface area (Å²) in [6, 6.07) is 11.7. The van der Waals surface area contributed by atoms with E-state index in [1.807, 2.05) is 30.3 Å². The van der Waals surface area contributed by atoms with E-state index < -0.39 is 9.84 Å². The van der Waals surface area contributed by atoms with Crippen molar-refractivity contribution in [3.05, 3.63) is 59.1 Å². The summed E-state index contributed by atoms with van der Waals surface area (Å²) >= 11 is 1.69. The summed E-state index contributed by atoms with van der Waals surface area (Å²) in [7, 11) is -2.99. The first kappa shape index (κ1) is 15.0. The normalized spacial score (nSPS) is 11.7. The zero-order valence-electron chi connectivity index (χ0n) is 12.1. The molecule has 0 saturated heterocycles. The molecule has 0 amide bonds. The molecule has 0 spiro atoms. The molecule has 0 aliphatic carbocycles. The molecular formula is C16H16N2O2S2. The van der Waals surface area contributed by atoms with Crippen molar-refractivity contribution in [3.8, 4) is 0 Å².